The molecule has 2 atom stereocenters. The standard InChI is InChI=1S/C13H16N2O/c1-10(11-5-7-15-8-6-11)13(14-2)12-4-3-9-16-12/h3-10,13-14H,1-2H3. The molecule has 16 heavy (non-hydrogen) atoms. The minimum atomic E-state index is 0.192. The van der Waals surface area contributed by atoms with Crippen molar-refractivity contribution in [1.29, 1.82) is 0 Å². The fraction of sp³-hybridized carbons (Fsp3) is 0.308. The lowest BCUT2D eigenvalue weighted by Crippen LogP contribution is -2.21. The van der Waals surface area contributed by atoms with Crippen LogP contribution in [0, 0.1) is 0 Å². The first-order valence-electron chi connectivity index (χ1n) is 5.43. The van der Waals surface area contributed by atoms with Gasteiger partial charge >= 0.3 is 0 Å². The van der Waals surface area contributed by atoms with Crippen LogP contribution in [0.4, 0.5) is 0 Å². The van der Waals surface area contributed by atoms with E-state index in [1.165, 1.54) is 5.56 Å². The maximum atomic E-state index is 5.45. The SMILES string of the molecule is CNC(c1ccco1)C(C)c1ccncc1. The van der Waals surface area contributed by atoms with Crippen LogP contribution in [0.25, 0.3) is 0 Å². The number of rotatable bonds is 4. The average Bonchev–Trinajstić information content (AvgIpc) is 2.85. The summed E-state index contributed by atoms with van der Waals surface area (Å²) in [6, 6.07) is 8.19. The van der Waals surface area contributed by atoms with Crippen LogP contribution >= 0.6 is 0 Å². The molecule has 0 aliphatic carbocycles. The summed E-state index contributed by atoms with van der Waals surface area (Å²) >= 11 is 0. The van der Waals surface area contributed by atoms with Crippen molar-refractivity contribution in [2.75, 3.05) is 7.05 Å². The van der Waals surface area contributed by atoms with Gasteiger partial charge in [0.15, 0.2) is 0 Å². The molecule has 0 aliphatic rings. The zero-order valence-corrected chi connectivity index (χ0v) is 9.55. The van der Waals surface area contributed by atoms with E-state index in [1.807, 2.05) is 43.7 Å². The molecule has 0 saturated heterocycles. The lowest BCUT2D eigenvalue weighted by Gasteiger charge is -2.21. The van der Waals surface area contributed by atoms with Gasteiger partial charge in [0.1, 0.15) is 5.76 Å². The fourth-order valence-electron chi connectivity index (χ4n) is 1.97. The number of nitrogens with one attached hydrogen (secondary N) is 1. The Balaban J connectivity index is 2.23. The smallest absolute Gasteiger partial charge is 0.121 e. The Kier molecular flexibility index (Phi) is 3.37. The van der Waals surface area contributed by atoms with Gasteiger partial charge in [-0.05, 0) is 36.9 Å². The Morgan fingerprint density at radius 1 is 1.25 bits per heavy atom. The first-order valence-corrected chi connectivity index (χ1v) is 5.43. The third-order valence-electron chi connectivity index (χ3n) is 2.89. The lowest BCUT2D eigenvalue weighted by atomic mass is 9.92. The summed E-state index contributed by atoms with van der Waals surface area (Å²) in [5.74, 6) is 1.31. The maximum absolute atomic E-state index is 5.45. The van der Waals surface area contributed by atoms with Crippen molar-refractivity contribution in [3.8, 4) is 0 Å². The number of furan rings is 1. The third kappa shape index (κ3) is 2.14. The van der Waals surface area contributed by atoms with Gasteiger partial charge in [0.05, 0.1) is 12.3 Å². The van der Waals surface area contributed by atoms with Gasteiger partial charge in [-0.25, -0.2) is 0 Å². The van der Waals surface area contributed by atoms with Gasteiger partial charge in [0.25, 0.3) is 0 Å². The van der Waals surface area contributed by atoms with E-state index in [1.54, 1.807) is 6.26 Å². The van der Waals surface area contributed by atoms with E-state index < -0.39 is 0 Å². The number of likely N-dealkylation sites (N-methyl/N-ethyl adjacent to an activating group) is 1. The molecule has 0 saturated carbocycles. The van der Waals surface area contributed by atoms with E-state index in [4.69, 9.17) is 4.42 Å². The zero-order valence-electron chi connectivity index (χ0n) is 9.55. The highest BCUT2D eigenvalue weighted by atomic mass is 16.3. The number of nitrogens with zero attached hydrogens (tertiary/aromatic N) is 1. The van der Waals surface area contributed by atoms with Crippen molar-refractivity contribution in [3.63, 3.8) is 0 Å². The molecular weight excluding hydrogens is 200 g/mol. The van der Waals surface area contributed by atoms with E-state index in [-0.39, 0.29) is 6.04 Å². The van der Waals surface area contributed by atoms with Crippen LogP contribution in [-0.2, 0) is 0 Å². The van der Waals surface area contributed by atoms with Gasteiger partial charge in [0, 0.05) is 18.3 Å². The Morgan fingerprint density at radius 2 is 2.00 bits per heavy atom. The highest BCUT2D eigenvalue weighted by Crippen LogP contribution is 2.29. The Morgan fingerprint density at radius 3 is 2.56 bits per heavy atom. The van der Waals surface area contributed by atoms with E-state index in [0.717, 1.165) is 5.76 Å². The minimum Gasteiger partial charge on any atom is -0.468 e. The zero-order chi connectivity index (χ0) is 11.4. The average molecular weight is 216 g/mol. The summed E-state index contributed by atoms with van der Waals surface area (Å²) in [7, 11) is 1.95. The molecular formula is C13H16N2O. The molecule has 2 rings (SSSR count). The van der Waals surface area contributed by atoms with E-state index >= 15 is 0 Å². The third-order valence-corrected chi connectivity index (χ3v) is 2.89. The van der Waals surface area contributed by atoms with Gasteiger partial charge < -0.3 is 9.73 Å². The minimum absolute atomic E-state index is 0.192. The number of aromatic nitrogens is 1. The highest BCUT2D eigenvalue weighted by Gasteiger charge is 2.21. The second-order valence-electron chi connectivity index (χ2n) is 3.85. The largest absolute Gasteiger partial charge is 0.468 e. The number of pyridine rings is 1. The maximum Gasteiger partial charge on any atom is 0.121 e. The fourth-order valence-corrected chi connectivity index (χ4v) is 1.97. The molecule has 0 spiro atoms. The predicted octanol–water partition coefficient (Wildman–Crippen LogP) is 2.74. The molecule has 0 aromatic carbocycles. The van der Waals surface area contributed by atoms with Crippen molar-refractivity contribution in [2.24, 2.45) is 0 Å². The molecule has 0 aliphatic heterocycles. The summed E-state index contributed by atoms with van der Waals surface area (Å²) in [6.45, 7) is 2.18. The Labute approximate surface area is 95.5 Å². The number of hydrogen-bond acceptors (Lipinski definition) is 3. The summed E-state index contributed by atoms with van der Waals surface area (Å²) < 4.78 is 5.45. The molecule has 2 heterocycles. The first-order chi connectivity index (χ1) is 7.83. The van der Waals surface area contributed by atoms with Gasteiger partial charge in [-0.2, -0.15) is 0 Å². The molecule has 1 N–H and O–H groups in total. The predicted molar refractivity (Wildman–Crippen MR) is 63.2 cm³/mol. The van der Waals surface area contributed by atoms with Crippen molar-refractivity contribution in [2.45, 2.75) is 18.9 Å². The second kappa shape index (κ2) is 4.94. The van der Waals surface area contributed by atoms with Crippen LogP contribution in [0.2, 0.25) is 0 Å². The van der Waals surface area contributed by atoms with Crippen molar-refractivity contribution >= 4 is 0 Å². The monoisotopic (exact) mass is 216 g/mol. The van der Waals surface area contributed by atoms with Crippen molar-refractivity contribution in [1.82, 2.24) is 10.3 Å². The van der Waals surface area contributed by atoms with E-state index in [9.17, 15) is 0 Å². The molecule has 0 bridgehead atoms. The molecule has 3 nitrogen and oxygen atoms in total. The van der Waals surface area contributed by atoms with Crippen LogP contribution in [0.1, 0.15) is 30.2 Å². The topological polar surface area (TPSA) is 38.1 Å². The van der Waals surface area contributed by atoms with Gasteiger partial charge in [-0.15, -0.1) is 0 Å². The quantitative estimate of drug-likeness (QED) is 0.854. The van der Waals surface area contributed by atoms with Gasteiger partial charge in [-0.3, -0.25) is 4.98 Å². The first kappa shape index (κ1) is 10.9. The summed E-state index contributed by atoms with van der Waals surface area (Å²) in [5, 5.41) is 3.29. The van der Waals surface area contributed by atoms with Gasteiger partial charge in [0.2, 0.25) is 0 Å². The summed E-state index contributed by atoms with van der Waals surface area (Å²) in [5.41, 5.74) is 1.26. The lowest BCUT2D eigenvalue weighted by molar-refractivity contribution is 0.395. The normalized spacial score (nSPS) is 14.6. The number of hydrogen-bond donors (Lipinski definition) is 1. The van der Waals surface area contributed by atoms with Crippen LogP contribution in [-0.4, -0.2) is 12.0 Å². The van der Waals surface area contributed by atoms with Crippen LogP contribution in [0.5, 0.6) is 0 Å². The van der Waals surface area contributed by atoms with Crippen molar-refractivity contribution in [3.05, 3.63) is 54.2 Å². The molecule has 0 fully saturated rings. The van der Waals surface area contributed by atoms with Crippen molar-refractivity contribution < 1.29 is 4.42 Å². The van der Waals surface area contributed by atoms with E-state index in [0.29, 0.717) is 5.92 Å². The second-order valence-corrected chi connectivity index (χ2v) is 3.85. The molecule has 2 aromatic heterocycles. The van der Waals surface area contributed by atoms with Crippen LogP contribution in [0.3, 0.4) is 0 Å². The molecule has 0 radical (unpaired) electrons. The molecule has 0 amide bonds. The van der Waals surface area contributed by atoms with Crippen LogP contribution < -0.4 is 5.32 Å². The summed E-state index contributed by atoms with van der Waals surface area (Å²) in [6.07, 6.45) is 5.35. The Hall–Kier alpha value is -1.61. The van der Waals surface area contributed by atoms with Gasteiger partial charge in [-0.1, -0.05) is 6.92 Å². The molecule has 2 aromatic rings. The molecule has 84 valence electrons. The molecule has 2 unspecified atom stereocenters. The highest BCUT2D eigenvalue weighted by molar-refractivity contribution is 5.20. The molecule has 3 heteroatoms. The Bertz CT molecular complexity index is 411. The van der Waals surface area contributed by atoms with E-state index in [2.05, 4.69) is 17.2 Å². The van der Waals surface area contributed by atoms with Crippen LogP contribution in [0.15, 0.2) is 47.3 Å². The summed E-state index contributed by atoms with van der Waals surface area (Å²) in [4.78, 5) is 4.03.